The molecule has 1 aromatic rings. The summed E-state index contributed by atoms with van der Waals surface area (Å²) in [7, 11) is -3.62. The average molecular weight is 230 g/mol. The van der Waals surface area contributed by atoms with Gasteiger partial charge in [0.1, 0.15) is 4.90 Å². The number of hydrogen-bond acceptors (Lipinski definition) is 4. The van der Waals surface area contributed by atoms with Crippen LogP contribution in [0.25, 0.3) is 0 Å². The fourth-order valence-corrected chi connectivity index (χ4v) is 2.29. The van der Waals surface area contributed by atoms with Gasteiger partial charge in [0, 0.05) is 6.54 Å². The lowest BCUT2D eigenvalue weighted by molar-refractivity contribution is 0.198. The highest BCUT2D eigenvalue weighted by Gasteiger charge is 2.16. The van der Waals surface area contributed by atoms with Gasteiger partial charge in [-0.05, 0) is 19.1 Å². The van der Waals surface area contributed by atoms with Crippen molar-refractivity contribution in [1.82, 2.24) is 4.72 Å². The van der Waals surface area contributed by atoms with Crippen molar-refractivity contribution in [2.75, 3.05) is 12.3 Å². The molecule has 0 amide bonds. The summed E-state index contributed by atoms with van der Waals surface area (Å²) in [5, 5.41) is 8.97. The Bertz CT molecular complexity index is 429. The Kier molecular flexibility index (Phi) is 3.67. The van der Waals surface area contributed by atoms with E-state index in [1.165, 1.54) is 19.1 Å². The monoisotopic (exact) mass is 230 g/mol. The molecule has 6 heteroatoms. The van der Waals surface area contributed by atoms with E-state index in [0.717, 1.165) is 0 Å². The van der Waals surface area contributed by atoms with Crippen LogP contribution in [0.15, 0.2) is 29.2 Å². The minimum atomic E-state index is -3.62. The quantitative estimate of drug-likeness (QED) is 0.631. The Morgan fingerprint density at radius 1 is 1.47 bits per heavy atom. The average Bonchev–Trinajstić information content (AvgIpc) is 2.15. The highest BCUT2D eigenvalue weighted by atomic mass is 32.2. The van der Waals surface area contributed by atoms with Gasteiger partial charge in [0.05, 0.1) is 11.8 Å². The number of nitrogen functional groups attached to an aromatic ring is 1. The summed E-state index contributed by atoms with van der Waals surface area (Å²) in [6.07, 6.45) is -0.732. The number of benzene rings is 1. The smallest absolute Gasteiger partial charge is 0.242 e. The lowest BCUT2D eigenvalue weighted by atomic mass is 10.3. The maximum atomic E-state index is 11.7. The van der Waals surface area contributed by atoms with E-state index in [2.05, 4.69) is 4.72 Å². The van der Waals surface area contributed by atoms with Crippen molar-refractivity contribution in [3.05, 3.63) is 24.3 Å². The van der Waals surface area contributed by atoms with E-state index < -0.39 is 16.1 Å². The van der Waals surface area contributed by atoms with Crippen LogP contribution in [0.5, 0.6) is 0 Å². The molecule has 5 nitrogen and oxygen atoms in total. The minimum Gasteiger partial charge on any atom is -0.398 e. The molecule has 0 aliphatic heterocycles. The fraction of sp³-hybridized carbons (Fsp3) is 0.333. The fourth-order valence-electron chi connectivity index (χ4n) is 1.03. The van der Waals surface area contributed by atoms with Crippen molar-refractivity contribution >= 4 is 15.7 Å². The van der Waals surface area contributed by atoms with Gasteiger partial charge in [-0.15, -0.1) is 0 Å². The molecule has 0 aromatic heterocycles. The second-order valence-electron chi connectivity index (χ2n) is 3.24. The molecule has 84 valence electrons. The minimum absolute atomic E-state index is 0.0311. The predicted octanol–water partition coefficient (Wildman–Crippen LogP) is -0.0721. The van der Waals surface area contributed by atoms with Crippen molar-refractivity contribution < 1.29 is 13.5 Å². The zero-order chi connectivity index (χ0) is 11.5. The Balaban J connectivity index is 2.92. The molecule has 1 atom stereocenters. The SMILES string of the molecule is C[C@@H](O)CNS(=O)(=O)c1ccccc1N. The number of sulfonamides is 1. The van der Waals surface area contributed by atoms with Gasteiger partial charge in [-0.2, -0.15) is 0 Å². The second kappa shape index (κ2) is 4.61. The van der Waals surface area contributed by atoms with Crippen LogP contribution in [-0.4, -0.2) is 26.2 Å². The van der Waals surface area contributed by atoms with Gasteiger partial charge in [-0.3, -0.25) is 0 Å². The van der Waals surface area contributed by atoms with E-state index >= 15 is 0 Å². The van der Waals surface area contributed by atoms with Crippen LogP contribution >= 0.6 is 0 Å². The Labute approximate surface area is 89.0 Å². The summed E-state index contributed by atoms with van der Waals surface area (Å²) in [4.78, 5) is 0.0330. The van der Waals surface area contributed by atoms with Crippen LogP contribution in [0, 0.1) is 0 Å². The number of hydrogen-bond donors (Lipinski definition) is 3. The topological polar surface area (TPSA) is 92.4 Å². The largest absolute Gasteiger partial charge is 0.398 e. The van der Waals surface area contributed by atoms with E-state index in [0.29, 0.717) is 0 Å². The molecule has 1 aromatic carbocycles. The van der Waals surface area contributed by atoms with Gasteiger partial charge in [0.25, 0.3) is 0 Å². The zero-order valence-electron chi connectivity index (χ0n) is 8.34. The van der Waals surface area contributed by atoms with E-state index in [4.69, 9.17) is 10.8 Å². The summed E-state index contributed by atoms with van der Waals surface area (Å²) in [6.45, 7) is 1.47. The summed E-state index contributed by atoms with van der Waals surface area (Å²) >= 11 is 0. The summed E-state index contributed by atoms with van der Waals surface area (Å²) in [5.74, 6) is 0. The molecule has 4 N–H and O–H groups in total. The third-order valence-electron chi connectivity index (χ3n) is 1.78. The first-order chi connectivity index (χ1) is 6.93. The lowest BCUT2D eigenvalue weighted by Crippen LogP contribution is -2.31. The standard InChI is InChI=1S/C9H14N2O3S/c1-7(12)6-11-15(13,14)9-5-3-2-4-8(9)10/h2-5,7,11-12H,6,10H2,1H3/t7-/m1/s1. The molecule has 0 saturated carbocycles. The van der Waals surface area contributed by atoms with Gasteiger partial charge >= 0.3 is 0 Å². The van der Waals surface area contributed by atoms with Gasteiger partial charge in [-0.1, -0.05) is 12.1 Å². The Hall–Kier alpha value is -1.11. The van der Waals surface area contributed by atoms with Crippen LogP contribution in [0.4, 0.5) is 5.69 Å². The van der Waals surface area contributed by atoms with Gasteiger partial charge in [0.2, 0.25) is 10.0 Å². The molecule has 0 heterocycles. The van der Waals surface area contributed by atoms with Gasteiger partial charge < -0.3 is 10.8 Å². The molecule has 0 radical (unpaired) electrons. The second-order valence-corrected chi connectivity index (χ2v) is 4.97. The first-order valence-corrected chi connectivity index (χ1v) is 5.94. The molecule has 1 rings (SSSR count). The molecule has 0 aliphatic rings. The van der Waals surface area contributed by atoms with Crippen molar-refractivity contribution in [1.29, 1.82) is 0 Å². The number of rotatable bonds is 4. The summed E-state index contributed by atoms with van der Waals surface area (Å²) < 4.78 is 25.6. The molecular formula is C9H14N2O3S. The van der Waals surface area contributed by atoms with Crippen molar-refractivity contribution in [2.45, 2.75) is 17.9 Å². The van der Waals surface area contributed by atoms with E-state index in [9.17, 15) is 8.42 Å². The number of nitrogens with one attached hydrogen (secondary N) is 1. The number of aliphatic hydroxyl groups is 1. The maximum Gasteiger partial charge on any atom is 0.242 e. The molecule has 0 fully saturated rings. The number of anilines is 1. The summed E-state index contributed by atoms with van der Waals surface area (Å²) in [5.41, 5.74) is 5.72. The van der Waals surface area contributed by atoms with E-state index in [1.54, 1.807) is 12.1 Å². The number of para-hydroxylation sites is 1. The molecular weight excluding hydrogens is 216 g/mol. The molecule has 0 saturated heterocycles. The normalized spacial score (nSPS) is 13.7. The molecule has 0 unspecified atom stereocenters. The van der Waals surface area contributed by atoms with Gasteiger partial charge in [0.15, 0.2) is 0 Å². The van der Waals surface area contributed by atoms with Crippen molar-refractivity contribution in [2.24, 2.45) is 0 Å². The van der Waals surface area contributed by atoms with Crippen LogP contribution in [0.2, 0.25) is 0 Å². The first kappa shape index (κ1) is 12.0. The van der Waals surface area contributed by atoms with Crippen LogP contribution < -0.4 is 10.5 Å². The number of nitrogens with two attached hydrogens (primary N) is 1. The van der Waals surface area contributed by atoms with Crippen LogP contribution in [0.3, 0.4) is 0 Å². The number of aliphatic hydroxyl groups excluding tert-OH is 1. The molecule has 15 heavy (non-hydrogen) atoms. The third kappa shape index (κ3) is 3.19. The third-order valence-corrected chi connectivity index (χ3v) is 3.27. The van der Waals surface area contributed by atoms with E-state index in [-0.39, 0.29) is 17.1 Å². The lowest BCUT2D eigenvalue weighted by Gasteiger charge is -2.09. The van der Waals surface area contributed by atoms with E-state index in [1.807, 2.05) is 0 Å². The molecule has 0 aliphatic carbocycles. The first-order valence-electron chi connectivity index (χ1n) is 4.45. The maximum absolute atomic E-state index is 11.7. The summed E-state index contributed by atoms with van der Waals surface area (Å²) in [6, 6.07) is 6.17. The Morgan fingerprint density at radius 3 is 2.60 bits per heavy atom. The van der Waals surface area contributed by atoms with Crippen molar-refractivity contribution in [3.8, 4) is 0 Å². The predicted molar refractivity (Wildman–Crippen MR) is 57.7 cm³/mol. The zero-order valence-corrected chi connectivity index (χ0v) is 9.16. The molecule has 0 spiro atoms. The highest BCUT2D eigenvalue weighted by molar-refractivity contribution is 7.89. The Morgan fingerprint density at radius 2 is 2.07 bits per heavy atom. The van der Waals surface area contributed by atoms with Crippen molar-refractivity contribution in [3.63, 3.8) is 0 Å². The highest BCUT2D eigenvalue weighted by Crippen LogP contribution is 2.16. The van der Waals surface area contributed by atoms with Crippen LogP contribution in [-0.2, 0) is 10.0 Å². The van der Waals surface area contributed by atoms with Gasteiger partial charge in [-0.25, -0.2) is 13.1 Å². The van der Waals surface area contributed by atoms with Crippen LogP contribution in [0.1, 0.15) is 6.92 Å². The molecule has 0 bridgehead atoms.